The van der Waals surface area contributed by atoms with Crippen LogP contribution in [0.4, 0.5) is 0 Å². The van der Waals surface area contributed by atoms with Crippen LogP contribution in [0.15, 0.2) is 24.5 Å². The highest BCUT2D eigenvalue weighted by atomic mass is 16.2. The van der Waals surface area contributed by atoms with E-state index in [1.807, 2.05) is 34.6 Å². The SMILES string of the molecule is CCn1nc(CC(C)C)cc1C(=O)N1CCCCC1CCn1cccn1. The van der Waals surface area contributed by atoms with Gasteiger partial charge >= 0.3 is 0 Å². The number of hydrogen-bond acceptors (Lipinski definition) is 3. The monoisotopic (exact) mass is 357 g/mol. The Bertz CT molecular complexity index is 704. The van der Waals surface area contributed by atoms with E-state index in [0.29, 0.717) is 5.92 Å². The van der Waals surface area contributed by atoms with E-state index in [1.165, 1.54) is 6.42 Å². The molecule has 0 radical (unpaired) electrons. The molecule has 0 aromatic carbocycles. The van der Waals surface area contributed by atoms with E-state index in [0.717, 1.165) is 56.7 Å². The molecule has 142 valence electrons. The predicted octanol–water partition coefficient (Wildman–Crippen LogP) is 3.38. The van der Waals surface area contributed by atoms with Crippen molar-refractivity contribution in [2.24, 2.45) is 5.92 Å². The average molecular weight is 358 g/mol. The van der Waals surface area contributed by atoms with E-state index in [1.54, 1.807) is 6.20 Å². The minimum atomic E-state index is 0.138. The summed E-state index contributed by atoms with van der Waals surface area (Å²) < 4.78 is 3.83. The number of aryl methyl sites for hydroxylation is 2. The molecule has 1 aliphatic rings. The van der Waals surface area contributed by atoms with E-state index in [9.17, 15) is 4.79 Å². The molecule has 2 aromatic heterocycles. The summed E-state index contributed by atoms with van der Waals surface area (Å²) in [5.74, 6) is 0.675. The molecule has 1 atom stereocenters. The maximum absolute atomic E-state index is 13.3. The second kappa shape index (κ2) is 8.52. The van der Waals surface area contributed by atoms with Crippen LogP contribution in [0.2, 0.25) is 0 Å². The molecule has 1 amide bonds. The molecule has 1 unspecified atom stereocenters. The van der Waals surface area contributed by atoms with E-state index in [-0.39, 0.29) is 11.9 Å². The third kappa shape index (κ3) is 4.34. The van der Waals surface area contributed by atoms with Gasteiger partial charge in [-0.15, -0.1) is 0 Å². The molecule has 0 bridgehead atoms. The first-order chi connectivity index (χ1) is 12.6. The molecule has 0 saturated carbocycles. The van der Waals surface area contributed by atoms with Crippen molar-refractivity contribution in [1.82, 2.24) is 24.5 Å². The number of likely N-dealkylation sites (tertiary alicyclic amines) is 1. The Morgan fingerprint density at radius 1 is 1.35 bits per heavy atom. The van der Waals surface area contributed by atoms with Crippen molar-refractivity contribution in [3.63, 3.8) is 0 Å². The largest absolute Gasteiger partial charge is 0.334 e. The topological polar surface area (TPSA) is 56.0 Å². The smallest absolute Gasteiger partial charge is 0.272 e. The normalized spacial score (nSPS) is 17.8. The van der Waals surface area contributed by atoms with Gasteiger partial charge in [-0.3, -0.25) is 14.2 Å². The quantitative estimate of drug-likeness (QED) is 0.763. The summed E-state index contributed by atoms with van der Waals surface area (Å²) in [5, 5.41) is 8.94. The minimum Gasteiger partial charge on any atom is -0.334 e. The molecule has 3 heterocycles. The van der Waals surface area contributed by atoms with Crippen LogP contribution in [-0.2, 0) is 19.5 Å². The van der Waals surface area contributed by atoms with Gasteiger partial charge in [0, 0.05) is 38.1 Å². The van der Waals surface area contributed by atoms with Crippen molar-refractivity contribution in [1.29, 1.82) is 0 Å². The molecule has 2 aromatic rings. The number of carbonyl (C=O) groups is 1. The van der Waals surface area contributed by atoms with Gasteiger partial charge in [0.2, 0.25) is 0 Å². The van der Waals surface area contributed by atoms with Crippen LogP contribution in [0, 0.1) is 5.92 Å². The van der Waals surface area contributed by atoms with Gasteiger partial charge < -0.3 is 4.90 Å². The molecule has 1 saturated heterocycles. The second-order valence-corrected chi connectivity index (χ2v) is 7.64. The summed E-state index contributed by atoms with van der Waals surface area (Å²) in [5.41, 5.74) is 1.77. The Morgan fingerprint density at radius 2 is 2.19 bits per heavy atom. The van der Waals surface area contributed by atoms with Crippen molar-refractivity contribution >= 4 is 5.91 Å². The summed E-state index contributed by atoms with van der Waals surface area (Å²) in [7, 11) is 0. The van der Waals surface area contributed by atoms with Crippen LogP contribution < -0.4 is 0 Å². The summed E-state index contributed by atoms with van der Waals surface area (Å²) in [6, 6.07) is 4.24. The molecule has 0 N–H and O–H groups in total. The average Bonchev–Trinajstić information content (AvgIpc) is 3.28. The first-order valence-corrected chi connectivity index (χ1v) is 9.93. The fraction of sp³-hybridized carbons (Fsp3) is 0.650. The number of carbonyl (C=O) groups excluding carboxylic acids is 1. The Kier molecular flexibility index (Phi) is 6.12. The highest BCUT2D eigenvalue weighted by Gasteiger charge is 2.29. The maximum Gasteiger partial charge on any atom is 0.272 e. The van der Waals surface area contributed by atoms with Crippen LogP contribution in [0.25, 0.3) is 0 Å². The van der Waals surface area contributed by atoms with Gasteiger partial charge in [-0.1, -0.05) is 13.8 Å². The molecule has 3 rings (SSSR count). The Hall–Kier alpha value is -2.11. The molecule has 0 spiro atoms. The zero-order chi connectivity index (χ0) is 18.5. The second-order valence-electron chi connectivity index (χ2n) is 7.64. The predicted molar refractivity (Wildman–Crippen MR) is 102 cm³/mol. The molecule has 6 nitrogen and oxygen atoms in total. The van der Waals surface area contributed by atoms with E-state index < -0.39 is 0 Å². The van der Waals surface area contributed by atoms with Gasteiger partial charge in [0.1, 0.15) is 5.69 Å². The summed E-state index contributed by atoms with van der Waals surface area (Å²) in [6.07, 6.45) is 9.01. The molecular weight excluding hydrogens is 326 g/mol. The lowest BCUT2D eigenvalue weighted by Crippen LogP contribution is -2.44. The van der Waals surface area contributed by atoms with E-state index in [4.69, 9.17) is 0 Å². The van der Waals surface area contributed by atoms with Crippen LogP contribution >= 0.6 is 0 Å². The third-order valence-electron chi connectivity index (χ3n) is 5.11. The number of rotatable bonds is 7. The van der Waals surface area contributed by atoms with Gasteiger partial charge in [0.15, 0.2) is 0 Å². The van der Waals surface area contributed by atoms with Crippen molar-refractivity contribution in [2.75, 3.05) is 6.54 Å². The lowest BCUT2D eigenvalue weighted by atomic mass is 9.98. The fourth-order valence-electron chi connectivity index (χ4n) is 3.83. The number of piperidine rings is 1. The third-order valence-corrected chi connectivity index (χ3v) is 5.11. The maximum atomic E-state index is 13.3. The molecule has 1 fully saturated rings. The van der Waals surface area contributed by atoms with Crippen LogP contribution in [0.1, 0.15) is 62.6 Å². The fourth-order valence-corrected chi connectivity index (χ4v) is 3.83. The highest BCUT2D eigenvalue weighted by Crippen LogP contribution is 2.23. The molecular formula is C20H31N5O. The van der Waals surface area contributed by atoms with Crippen LogP contribution in [-0.4, -0.2) is 43.0 Å². The lowest BCUT2D eigenvalue weighted by Gasteiger charge is -2.36. The van der Waals surface area contributed by atoms with Gasteiger partial charge in [-0.25, -0.2) is 0 Å². The van der Waals surface area contributed by atoms with Crippen molar-refractivity contribution in [3.8, 4) is 0 Å². The number of amides is 1. The van der Waals surface area contributed by atoms with Gasteiger partial charge in [-0.05, 0) is 57.1 Å². The van der Waals surface area contributed by atoms with Crippen molar-refractivity contribution < 1.29 is 4.79 Å². The van der Waals surface area contributed by atoms with Crippen molar-refractivity contribution in [2.45, 2.75) is 72.0 Å². The first-order valence-electron chi connectivity index (χ1n) is 9.93. The Morgan fingerprint density at radius 3 is 2.88 bits per heavy atom. The standard InChI is InChI=1S/C20H31N5O/c1-4-25-19(15-17(22-25)14-16(2)3)20(26)24-12-6-5-8-18(24)9-13-23-11-7-10-21-23/h7,10-11,15-16,18H,4-6,8-9,12-14H2,1-3H3. The lowest BCUT2D eigenvalue weighted by molar-refractivity contribution is 0.0581. The molecule has 6 heteroatoms. The summed E-state index contributed by atoms with van der Waals surface area (Å²) in [6.45, 7) is 8.84. The van der Waals surface area contributed by atoms with Crippen LogP contribution in [0.3, 0.4) is 0 Å². The zero-order valence-corrected chi connectivity index (χ0v) is 16.3. The van der Waals surface area contributed by atoms with Gasteiger partial charge in [0.25, 0.3) is 5.91 Å². The number of nitrogens with zero attached hydrogens (tertiary/aromatic N) is 5. The Labute approximate surface area is 156 Å². The molecule has 1 aliphatic heterocycles. The summed E-state index contributed by atoms with van der Waals surface area (Å²) in [4.78, 5) is 15.4. The van der Waals surface area contributed by atoms with Gasteiger partial charge in [0.05, 0.1) is 5.69 Å². The molecule has 26 heavy (non-hydrogen) atoms. The van der Waals surface area contributed by atoms with Crippen molar-refractivity contribution in [3.05, 3.63) is 35.9 Å². The number of hydrogen-bond donors (Lipinski definition) is 0. The highest BCUT2D eigenvalue weighted by molar-refractivity contribution is 5.93. The minimum absolute atomic E-state index is 0.138. The summed E-state index contributed by atoms with van der Waals surface area (Å²) >= 11 is 0. The zero-order valence-electron chi connectivity index (χ0n) is 16.3. The first kappa shape index (κ1) is 18.7. The van der Waals surface area contributed by atoms with Gasteiger partial charge in [-0.2, -0.15) is 10.2 Å². The van der Waals surface area contributed by atoms with E-state index >= 15 is 0 Å². The molecule has 0 aliphatic carbocycles. The Balaban J connectivity index is 1.74. The van der Waals surface area contributed by atoms with Crippen LogP contribution in [0.5, 0.6) is 0 Å². The number of aromatic nitrogens is 4. The van der Waals surface area contributed by atoms with E-state index in [2.05, 4.69) is 28.9 Å².